The van der Waals surface area contributed by atoms with Crippen molar-refractivity contribution in [3.05, 3.63) is 11.8 Å². The Labute approximate surface area is 164 Å². The van der Waals surface area contributed by atoms with E-state index in [1.54, 1.807) is 0 Å². The van der Waals surface area contributed by atoms with Crippen LogP contribution in [0.2, 0.25) is 0 Å². The van der Waals surface area contributed by atoms with E-state index in [4.69, 9.17) is 14.2 Å². The fourth-order valence-corrected chi connectivity index (χ4v) is 4.22. The molecule has 0 amide bonds. The van der Waals surface area contributed by atoms with Gasteiger partial charge in [0, 0.05) is 12.3 Å². The Kier molecular flexibility index (Phi) is 6.15. The first-order valence-corrected chi connectivity index (χ1v) is 8.98. The van der Waals surface area contributed by atoms with Gasteiger partial charge in [-0.25, -0.2) is 4.79 Å². The molecule has 6 N–H and O–H groups in total. The molecule has 0 bridgehead atoms. The lowest BCUT2D eigenvalue weighted by Gasteiger charge is -2.44. The molecule has 164 valence electrons. The number of hydrogen-bond acceptors (Lipinski definition) is 11. The largest absolute Gasteiger partial charge is 0.478 e. The zero-order valence-electron chi connectivity index (χ0n) is 15.4. The number of fused-ring (bicyclic) bond motifs is 1. The van der Waals surface area contributed by atoms with Crippen LogP contribution >= 0.6 is 0 Å². The number of aliphatic carboxylic acids is 1. The van der Waals surface area contributed by atoms with Crippen molar-refractivity contribution in [1.29, 1.82) is 0 Å². The molecule has 2 fully saturated rings. The maximum absolute atomic E-state index is 11.5. The van der Waals surface area contributed by atoms with Gasteiger partial charge in [0.2, 0.25) is 6.29 Å². The third-order valence-corrected chi connectivity index (χ3v) is 5.64. The first-order chi connectivity index (χ1) is 13.6. The third-order valence-electron chi connectivity index (χ3n) is 5.64. The molecule has 3 aliphatic rings. The van der Waals surface area contributed by atoms with Crippen LogP contribution in [0.4, 0.5) is 0 Å². The summed E-state index contributed by atoms with van der Waals surface area (Å²) in [6.45, 7) is 1.09. The van der Waals surface area contributed by atoms with Crippen LogP contribution in [0.5, 0.6) is 0 Å². The Balaban J connectivity index is 1.82. The summed E-state index contributed by atoms with van der Waals surface area (Å²) in [7, 11) is 0. The molecule has 1 saturated heterocycles. The first kappa shape index (κ1) is 21.9. The number of hydrogen-bond donors (Lipinski definition) is 6. The third kappa shape index (κ3) is 3.97. The maximum Gasteiger partial charge on any atom is 0.335 e. The monoisotopic (exact) mass is 420 g/mol. The quantitative estimate of drug-likeness (QED) is 0.240. The second kappa shape index (κ2) is 8.14. The fourth-order valence-electron chi connectivity index (χ4n) is 4.22. The molecule has 1 aliphatic carbocycles. The van der Waals surface area contributed by atoms with Crippen LogP contribution in [0.25, 0.3) is 0 Å². The van der Waals surface area contributed by atoms with Crippen molar-refractivity contribution in [1.82, 2.24) is 0 Å². The highest BCUT2D eigenvalue weighted by Gasteiger charge is 2.59. The second-order valence-corrected chi connectivity index (χ2v) is 7.64. The first-order valence-electron chi connectivity index (χ1n) is 8.98. The minimum Gasteiger partial charge on any atom is -0.478 e. The fraction of sp³-hybridized carbons (Fsp3) is 0.765. The number of aliphatic hydroxyl groups is 5. The Morgan fingerprint density at radius 3 is 2.55 bits per heavy atom. The van der Waals surface area contributed by atoms with E-state index in [0.717, 1.165) is 6.26 Å². The van der Waals surface area contributed by atoms with E-state index >= 15 is 0 Å². The van der Waals surface area contributed by atoms with Gasteiger partial charge in [0.15, 0.2) is 6.29 Å². The van der Waals surface area contributed by atoms with Crippen molar-refractivity contribution in [2.75, 3.05) is 6.61 Å². The van der Waals surface area contributed by atoms with Gasteiger partial charge in [-0.3, -0.25) is 4.79 Å². The average Bonchev–Trinajstić information content (AvgIpc) is 2.90. The van der Waals surface area contributed by atoms with Crippen LogP contribution in [0.15, 0.2) is 11.8 Å². The van der Waals surface area contributed by atoms with Gasteiger partial charge >= 0.3 is 5.97 Å². The van der Waals surface area contributed by atoms with Gasteiger partial charge in [-0.05, 0) is 6.92 Å². The van der Waals surface area contributed by atoms with Gasteiger partial charge in [0.05, 0.1) is 29.5 Å². The van der Waals surface area contributed by atoms with E-state index in [0.29, 0.717) is 0 Å². The molecule has 12 nitrogen and oxygen atoms in total. The predicted molar refractivity (Wildman–Crippen MR) is 88.6 cm³/mol. The lowest BCUT2D eigenvalue weighted by Crippen LogP contribution is -2.61. The molecule has 0 aromatic carbocycles. The second-order valence-electron chi connectivity index (χ2n) is 7.64. The average molecular weight is 420 g/mol. The van der Waals surface area contributed by atoms with E-state index in [9.17, 15) is 40.2 Å². The molecule has 3 rings (SSSR count). The van der Waals surface area contributed by atoms with Crippen molar-refractivity contribution >= 4 is 12.4 Å². The number of carbonyl (C=O) groups excluding carboxylic acids is 1. The van der Waals surface area contributed by atoms with Crippen LogP contribution in [0.1, 0.15) is 13.3 Å². The summed E-state index contributed by atoms with van der Waals surface area (Å²) in [6, 6.07) is 0. The Morgan fingerprint density at radius 1 is 1.24 bits per heavy atom. The standard InChI is InChI=1S/C17H24O12/c1-17(25)2-7(19)9-6(14(23)24)3-27-15(10(9)17)29-16-13(22)12(21)11(20)8(28-16)4-26-5-18/h3,5,7-13,15-16,19-22,25H,2,4H2,1H3,(H,23,24)/t7-,8-,9+,10-,11-,12+,13-,15+,16+,17+/m1/s1. The van der Waals surface area contributed by atoms with E-state index < -0.39 is 73.1 Å². The molecule has 2 aliphatic heterocycles. The zero-order chi connectivity index (χ0) is 21.5. The highest BCUT2D eigenvalue weighted by atomic mass is 16.8. The summed E-state index contributed by atoms with van der Waals surface area (Å²) in [5.74, 6) is -3.36. The van der Waals surface area contributed by atoms with Crippen LogP contribution in [0.3, 0.4) is 0 Å². The van der Waals surface area contributed by atoms with Gasteiger partial charge in [0.25, 0.3) is 6.47 Å². The van der Waals surface area contributed by atoms with Gasteiger partial charge in [0.1, 0.15) is 31.0 Å². The molecule has 12 heteroatoms. The van der Waals surface area contributed by atoms with Crippen molar-refractivity contribution in [2.24, 2.45) is 11.8 Å². The summed E-state index contributed by atoms with van der Waals surface area (Å²) in [5.41, 5.74) is -1.81. The van der Waals surface area contributed by atoms with Gasteiger partial charge < -0.3 is 49.6 Å². The highest BCUT2D eigenvalue weighted by molar-refractivity contribution is 5.87. The van der Waals surface area contributed by atoms with Gasteiger partial charge in [-0.1, -0.05) is 0 Å². The molecule has 29 heavy (non-hydrogen) atoms. The van der Waals surface area contributed by atoms with E-state index in [1.807, 2.05) is 0 Å². The Morgan fingerprint density at radius 2 is 1.93 bits per heavy atom. The molecular weight excluding hydrogens is 396 g/mol. The molecule has 0 aromatic rings. The summed E-state index contributed by atoms with van der Waals surface area (Å²) in [5, 5.41) is 60.5. The maximum atomic E-state index is 11.5. The zero-order valence-corrected chi connectivity index (χ0v) is 15.4. The number of ether oxygens (including phenoxy) is 4. The molecular formula is C17H24O12. The van der Waals surface area contributed by atoms with Crippen LogP contribution < -0.4 is 0 Å². The van der Waals surface area contributed by atoms with Crippen molar-refractivity contribution in [2.45, 2.75) is 62.0 Å². The summed E-state index contributed by atoms with van der Waals surface area (Å²) in [4.78, 5) is 21.9. The van der Waals surface area contributed by atoms with E-state index in [1.165, 1.54) is 6.92 Å². The lowest BCUT2D eigenvalue weighted by atomic mass is 9.81. The smallest absolute Gasteiger partial charge is 0.335 e. The summed E-state index contributed by atoms with van der Waals surface area (Å²) >= 11 is 0. The normalized spacial score (nSPS) is 47.0. The topological polar surface area (TPSA) is 192 Å². The van der Waals surface area contributed by atoms with Crippen molar-refractivity contribution in [3.63, 3.8) is 0 Å². The molecule has 0 unspecified atom stereocenters. The lowest BCUT2D eigenvalue weighted by molar-refractivity contribution is -0.346. The highest BCUT2D eigenvalue weighted by Crippen LogP contribution is 2.49. The minimum atomic E-state index is -1.72. The summed E-state index contributed by atoms with van der Waals surface area (Å²) in [6.07, 6.45) is -9.53. The van der Waals surface area contributed by atoms with E-state index in [2.05, 4.69) is 4.74 Å². The molecule has 2 heterocycles. The van der Waals surface area contributed by atoms with Crippen LogP contribution in [-0.4, -0.2) is 98.4 Å². The number of rotatable bonds is 6. The molecule has 10 atom stereocenters. The van der Waals surface area contributed by atoms with Gasteiger partial charge in [-0.15, -0.1) is 0 Å². The Bertz CT molecular complexity index is 663. The van der Waals surface area contributed by atoms with Crippen molar-refractivity contribution < 1.29 is 59.2 Å². The van der Waals surface area contributed by atoms with Crippen LogP contribution in [-0.2, 0) is 28.5 Å². The molecule has 1 saturated carbocycles. The predicted octanol–water partition coefficient (Wildman–Crippen LogP) is -2.94. The molecule has 0 spiro atoms. The SMILES string of the molecule is C[C@]1(O)C[C@@H](O)[C@@H]2C(C(=O)O)=CO[C@@H](O[C@@H]3O[C@H](COC=O)[C@@H](O)[C@H](O)[C@H]3O)[C@@H]21. The number of carboxylic acid groups (broad SMARTS) is 1. The van der Waals surface area contributed by atoms with E-state index in [-0.39, 0.29) is 18.5 Å². The molecule has 0 aromatic heterocycles. The Hall–Kier alpha value is -1.80. The number of carboxylic acids is 1. The van der Waals surface area contributed by atoms with Crippen LogP contribution in [0, 0.1) is 11.8 Å². The minimum absolute atomic E-state index is 0.119. The molecule has 0 radical (unpaired) electrons. The number of aliphatic hydroxyl groups excluding tert-OH is 4. The van der Waals surface area contributed by atoms with Gasteiger partial charge in [-0.2, -0.15) is 0 Å². The number of carbonyl (C=O) groups is 2. The van der Waals surface area contributed by atoms with Crippen molar-refractivity contribution in [3.8, 4) is 0 Å². The summed E-state index contributed by atoms with van der Waals surface area (Å²) < 4.78 is 20.8.